The Hall–Kier alpha value is -1.98. The summed E-state index contributed by atoms with van der Waals surface area (Å²) in [7, 11) is 0. The summed E-state index contributed by atoms with van der Waals surface area (Å²) in [5.74, 6) is 0.177. The summed E-state index contributed by atoms with van der Waals surface area (Å²) < 4.78 is 6.13. The van der Waals surface area contributed by atoms with E-state index in [0.717, 1.165) is 30.6 Å². The van der Waals surface area contributed by atoms with Crippen LogP contribution in [-0.4, -0.2) is 28.3 Å². The molecule has 3 N–H and O–H groups in total. The van der Waals surface area contributed by atoms with Crippen molar-refractivity contribution in [1.82, 2.24) is 10.3 Å². The Kier molecular flexibility index (Phi) is 3.54. The number of phenols is 2. The van der Waals surface area contributed by atoms with Crippen LogP contribution in [0.15, 0.2) is 30.6 Å². The maximum Gasteiger partial charge on any atom is 0.202 e. The maximum absolute atomic E-state index is 10.3. The van der Waals surface area contributed by atoms with Gasteiger partial charge in [-0.15, -0.1) is 0 Å². The molecule has 0 saturated carbocycles. The number of nitrogens with one attached hydrogen (secondary N) is 1. The van der Waals surface area contributed by atoms with Gasteiger partial charge in [-0.25, -0.2) is 0 Å². The van der Waals surface area contributed by atoms with Gasteiger partial charge in [-0.2, -0.15) is 0 Å². The minimum Gasteiger partial charge on any atom is -0.503 e. The lowest BCUT2D eigenvalue weighted by molar-refractivity contribution is 0.0698. The van der Waals surface area contributed by atoms with E-state index in [9.17, 15) is 10.2 Å². The Labute approximate surface area is 138 Å². The molecule has 1 saturated heterocycles. The largest absolute Gasteiger partial charge is 0.503 e. The van der Waals surface area contributed by atoms with Crippen LogP contribution in [0.25, 0.3) is 0 Å². The lowest BCUT2D eigenvalue weighted by Crippen LogP contribution is -2.41. The summed E-state index contributed by atoms with van der Waals surface area (Å²) in [4.78, 5) is 4.06. The van der Waals surface area contributed by atoms with Crippen LogP contribution in [0, 0.1) is 5.92 Å². The summed E-state index contributed by atoms with van der Waals surface area (Å²) in [6.07, 6.45) is 4.27. The second kappa shape index (κ2) is 5.58. The molecule has 1 aromatic heterocycles. The molecule has 2 aliphatic rings. The predicted molar refractivity (Wildman–Crippen MR) is 86.1 cm³/mol. The van der Waals surface area contributed by atoms with Crippen molar-refractivity contribution in [3.63, 3.8) is 0 Å². The first-order valence-electron chi connectivity index (χ1n) is 7.68. The van der Waals surface area contributed by atoms with Crippen molar-refractivity contribution >= 4 is 11.6 Å². The van der Waals surface area contributed by atoms with Crippen molar-refractivity contribution in [1.29, 1.82) is 0 Å². The van der Waals surface area contributed by atoms with Crippen LogP contribution in [0.4, 0.5) is 0 Å². The lowest BCUT2D eigenvalue weighted by atomic mass is 9.74. The standard InChI is InChI=1S/C17H17ClN2O3/c18-13-7-11-12-8-20-6-3-10(12)16(9-1-4-19-5-2-9)23-17(11)15(22)14(13)21/h1-2,4-5,7,10,12,16,20-22H,3,6,8H2. The zero-order valence-corrected chi connectivity index (χ0v) is 13.1. The van der Waals surface area contributed by atoms with Crippen LogP contribution < -0.4 is 10.1 Å². The zero-order valence-electron chi connectivity index (χ0n) is 12.4. The second-order valence-corrected chi connectivity index (χ2v) is 6.46. The number of hydrogen-bond acceptors (Lipinski definition) is 5. The van der Waals surface area contributed by atoms with Crippen molar-refractivity contribution in [3.05, 3.63) is 46.7 Å². The molecule has 0 bridgehead atoms. The van der Waals surface area contributed by atoms with Crippen molar-refractivity contribution in [2.24, 2.45) is 5.92 Å². The van der Waals surface area contributed by atoms with Crippen LogP contribution in [0.2, 0.25) is 5.02 Å². The maximum atomic E-state index is 10.3. The van der Waals surface area contributed by atoms with Gasteiger partial charge in [0.25, 0.3) is 0 Å². The van der Waals surface area contributed by atoms with Gasteiger partial charge in [0.1, 0.15) is 6.10 Å². The Morgan fingerprint density at radius 1 is 1.22 bits per heavy atom. The number of benzene rings is 1. The smallest absolute Gasteiger partial charge is 0.202 e. The van der Waals surface area contributed by atoms with Gasteiger partial charge in [-0.05, 0) is 36.7 Å². The molecular formula is C17H17ClN2O3. The molecular weight excluding hydrogens is 316 g/mol. The van der Waals surface area contributed by atoms with E-state index in [4.69, 9.17) is 16.3 Å². The van der Waals surface area contributed by atoms with Crippen molar-refractivity contribution < 1.29 is 14.9 Å². The molecule has 5 nitrogen and oxygen atoms in total. The number of hydrogen-bond donors (Lipinski definition) is 3. The Bertz CT molecular complexity index is 738. The number of halogens is 1. The molecule has 4 rings (SSSR count). The van der Waals surface area contributed by atoms with E-state index < -0.39 is 0 Å². The SMILES string of the molecule is Oc1c(Cl)cc2c(c1O)OC(c1ccncc1)C1CCNCC21. The summed E-state index contributed by atoms with van der Waals surface area (Å²) in [5, 5.41) is 23.8. The first-order valence-corrected chi connectivity index (χ1v) is 8.06. The highest BCUT2D eigenvalue weighted by Gasteiger charge is 2.42. The second-order valence-electron chi connectivity index (χ2n) is 6.06. The topological polar surface area (TPSA) is 74.6 Å². The van der Waals surface area contributed by atoms with E-state index in [-0.39, 0.29) is 34.5 Å². The van der Waals surface area contributed by atoms with Crippen LogP contribution in [0.1, 0.15) is 29.6 Å². The van der Waals surface area contributed by atoms with Crippen molar-refractivity contribution in [3.8, 4) is 17.2 Å². The van der Waals surface area contributed by atoms with E-state index in [0.29, 0.717) is 5.75 Å². The normalized spacial score (nSPS) is 26.0. The fraction of sp³-hybridized carbons (Fsp3) is 0.353. The fourth-order valence-corrected chi connectivity index (χ4v) is 3.90. The highest BCUT2D eigenvalue weighted by Crippen LogP contribution is 2.55. The Morgan fingerprint density at radius 2 is 2.00 bits per heavy atom. The Balaban J connectivity index is 1.85. The molecule has 1 fully saturated rings. The molecule has 0 radical (unpaired) electrons. The summed E-state index contributed by atoms with van der Waals surface area (Å²) >= 11 is 6.04. The third-order valence-corrected chi connectivity index (χ3v) is 5.10. The average molecular weight is 333 g/mol. The molecule has 0 amide bonds. The highest BCUT2D eigenvalue weighted by molar-refractivity contribution is 6.32. The number of pyridine rings is 1. The third-order valence-electron chi connectivity index (χ3n) is 4.81. The molecule has 3 heterocycles. The fourth-order valence-electron chi connectivity index (χ4n) is 3.69. The van der Waals surface area contributed by atoms with Gasteiger partial charge in [-0.3, -0.25) is 4.98 Å². The summed E-state index contributed by atoms with van der Waals surface area (Å²) in [5.41, 5.74) is 1.88. The van der Waals surface area contributed by atoms with E-state index in [1.54, 1.807) is 18.5 Å². The molecule has 23 heavy (non-hydrogen) atoms. The number of nitrogens with zero attached hydrogens (tertiary/aromatic N) is 1. The molecule has 0 aliphatic carbocycles. The summed E-state index contributed by atoms with van der Waals surface area (Å²) in [6.45, 7) is 1.72. The Morgan fingerprint density at radius 3 is 2.78 bits per heavy atom. The van der Waals surface area contributed by atoms with Crippen molar-refractivity contribution in [2.75, 3.05) is 13.1 Å². The molecule has 3 atom stereocenters. The first kappa shape index (κ1) is 14.6. The van der Waals surface area contributed by atoms with Crippen LogP contribution in [0.3, 0.4) is 0 Å². The first-order chi connectivity index (χ1) is 11.2. The van der Waals surface area contributed by atoms with E-state index in [2.05, 4.69) is 10.3 Å². The van der Waals surface area contributed by atoms with E-state index in [1.165, 1.54) is 0 Å². The van der Waals surface area contributed by atoms with Crippen LogP contribution in [0.5, 0.6) is 17.2 Å². The van der Waals surface area contributed by atoms with E-state index >= 15 is 0 Å². The van der Waals surface area contributed by atoms with Gasteiger partial charge in [0.2, 0.25) is 5.75 Å². The summed E-state index contributed by atoms with van der Waals surface area (Å²) in [6, 6.07) is 5.57. The number of aromatic nitrogens is 1. The van der Waals surface area contributed by atoms with Gasteiger partial charge in [0.05, 0.1) is 5.02 Å². The molecule has 3 unspecified atom stereocenters. The highest BCUT2D eigenvalue weighted by atomic mass is 35.5. The number of rotatable bonds is 1. The number of fused-ring (bicyclic) bond motifs is 3. The predicted octanol–water partition coefficient (Wildman–Crippen LogP) is 2.97. The number of aromatic hydroxyl groups is 2. The van der Waals surface area contributed by atoms with Gasteiger partial charge >= 0.3 is 0 Å². The van der Waals surface area contributed by atoms with Crippen LogP contribution >= 0.6 is 11.6 Å². The number of phenolic OH excluding ortho intramolecular Hbond substituents is 2. The molecule has 2 aromatic rings. The quantitative estimate of drug-likeness (QED) is 0.700. The molecule has 0 spiro atoms. The number of piperidine rings is 1. The van der Waals surface area contributed by atoms with Crippen molar-refractivity contribution in [2.45, 2.75) is 18.4 Å². The third kappa shape index (κ3) is 2.31. The lowest BCUT2D eigenvalue weighted by Gasteiger charge is -2.43. The van der Waals surface area contributed by atoms with Gasteiger partial charge in [-0.1, -0.05) is 11.6 Å². The molecule has 2 aliphatic heterocycles. The van der Waals surface area contributed by atoms with Gasteiger partial charge in [0.15, 0.2) is 11.5 Å². The molecule has 1 aromatic carbocycles. The molecule has 120 valence electrons. The number of ether oxygens (including phenoxy) is 1. The average Bonchev–Trinajstić information content (AvgIpc) is 2.60. The monoisotopic (exact) mass is 332 g/mol. The van der Waals surface area contributed by atoms with E-state index in [1.807, 2.05) is 12.1 Å². The van der Waals surface area contributed by atoms with Gasteiger partial charge in [0, 0.05) is 36.3 Å². The zero-order chi connectivity index (χ0) is 16.0. The van der Waals surface area contributed by atoms with Crippen LogP contribution in [-0.2, 0) is 0 Å². The van der Waals surface area contributed by atoms with Gasteiger partial charge < -0.3 is 20.3 Å². The molecule has 6 heteroatoms. The minimum atomic E-state index is -0.332. The minimum absolute atomic E-state index is 0.150.